The molecule has 0 aliphatic heterocycles. The summed E-state index contributed by atoms with van der Waals surface area (Å²) in [7, 11) is 0. The van der Waals surface area contributed by atoms with Gasteiger partial charge in [-0.05, 0) is 31.3 Å². The molecule has 17 heavy (non-hydrogen) atoms. The Labute approximate surface area is 102 Å². The van der Waals surface area contributed by atoms with Crippen LogP contribution in [0.5, 0.6) is 0 Å². The zero-order valence-corrected chi connectivity index (χ0v) is 9.94. The van der Waals surface area contributed by atoms with E-state index in [2.05, 4.69) is 15.2 Å². The first kappa shape index (κ1) is 11.5. The van der Waals surface area contributed by atoms with Gasteiger partial charge in [0, 0.05) is 6.20 Å². The number of primary amides is 1. The molecule has 0 radical (unpaired) electrons. The van der Waals surface area contributed by atoms with Crippen LogP contribution in [0.1, 0.15) is 13.0 Å². The summed E-state index contributed by atoms with van der Waals surface area (Å²) in [5, 5.41) is 6.70. The zero-order valence-electron chi connectivity index (χ0n) is 9.12. The Bertz CT molecular complexity index is 588. The number of aromatic nitrogens is 4. The summed E-state index contributed by atoms with van der Waals surface area (Å²) in [5.41, 5.74) is 5.91. The summed E-state index contributed by atoms with van der Waals surface area (Å²) < 4.78 is 1.90. The van der Waals surface area contributed by atoms with Crippen LogP contribution in [0, 0.1) is 4.77 Å². The number of rotatable bonds is 3. The van der Waals surface area contributed by atoms with E-state index in [4.69, 9.17) is 18.0 Å². The molecule has 2 aromatic heterocycles. The molecule has 0 aliphatic carbocycles. The molecule has 0 saturated carbocycles. The van der Waals surface area contributed by atoms with Crippen LogP contribution in [0.2, 0.25) is 0 Å². The average Bonchev–Trinajstić information content (AvgIpc) is 2.71. The van der Waals surface area contributed by atoms with E-state index < -0.39 is 11.9 Å². The van der Waals surface area contributed by atoms with Crippen LogP contribution in [0.25, 0.3) is 11.5 Å². The molecule has 88 valence electrons. The van der Waals surface area contributed by atoms with Crippen molar-refractivity contribution in [3.05, 3.63) is 29.2 Å². The predicted octanol–water partition coefficient (Wildman–Crippen LogP) is 1.05. The van der Waals surface area contributed by atoms with Crippen LogP contribution in [0.4, 0.5) is 0 Å². The quantitative estimate of drug-likeness (QED) is 0.795. The Morgan fingerprint density at radius 2 is 2.35 bits per heavy atom. The maximum atomic E-state index is 11.2. The number of hydrogen-bond acceptors (Lipinski definition) is 4. The van der Waals surface area contributed by atoms with Gasteiger partial charge >= 0.3 is 0 Å². The van der Waals surface area contributed by atoms with Gasteiger partial charge in [0.25, 0.3) is 0 Å². The van der Waals surface area contributed by atoms with E-state index in [1.165, 1.54) is 0 Å². The van der Waals surface area contributed by atoms with E-state index in [9.17, 15) is 4.79 Å². The van der Waals surface area contributed by atoms with Crippen molar-refractivity contribution in [1.82, 2.24) is 19.7 Å². The molecule has 0 bridgehead atoms. The van der Waals surface area contributed by atoms with E-state index in [-0.39, 0.29) is 0 Å². The minimum atomic E-state index is -0.571. The van der Waals surface area contributed by atoms with Gasteiger partial charge in [0.15, 0.2) is 10.6 Å². The molecule has 7 heteroatoms. The van der Waals surface area contributed by atoms with E-state index >= 15 is 0 Å². The molecule has 1 amide bonds. The largest absolute Gasteiger partial charge is 0.368 e. The third kappa shape index (κ3) is 2.09. The highest BCUT2D eigenvalue weighted by molar-refractivity contribution is 7.71. The molecule has 0 fully saturated rings. The van der Waals surface area contributed by atoms with Gasteiger partial charge in [-0.3, -0.25) is 19.4 Å². The summed E-state index contributed by atoms with van der Waals surface area (Å²) in [4.78, 5) is 15.4. The van der Waals surface area contributed by atoms with Gasteiger partial charge in [-0.1, -0.05) is 6.07 Å². The Kier molecular flexibility index (Phi) is 3.01. The van der Waals surface area contributed by atoms with E-state index in [0.29, 0.717) is 16.3 Å². The molecule has 2 rings (SSSR count). The second-order valence-electron chi connectivity index (χ2n) is 3.52. The highest BCUT2D eigenvalue weighted by Crippen LogP contribution is 2.18. The number of aromatic amines is 1. The number of carbonyl (C=O) groups is 1. The van der Waals surface area contributed by atoms with Gasteiger partial charge in [-0.25, -0.2) is 0 Å². The van der Waals surface area contributed by atoms with Crippen molar-refractivity contribution in [1.29, 1.82) is 0 Å². The Morgan fingerprint density at radius 1 is 1.59 bits per heavy atom. The third-order valence-electron chi connectivity index (χ3n) is 2.40. The molecular formula is C10H11N5OS. The maximum Gasteiger partial charge on any atom is 0.240 e. The molecule has 6 nitrogen and oxygen atoms in total. The zero-order chi connectivity index (χ0) is 12.4. The highest BCUT2D eigenvalue weighted by atomic mass is 32.1. The lowest BCUT2D eigenvalue weighted by atomic mass is 10.3. The van der Waals surface area contributed by atoms with Gasteiger partial charge in [0.1, 0.15) is 11.7 Å². The van der Waals surface area contributed by atoms with Gasteiger partial charge in [0.2, 0.25) is 5.91 Å². The predicted molar refractivity (Wildman–Crippen MR) is 64.5 cm³/mol. The molecule has 1 unspecified atom stereocenters. The number of nitrogens with zero attached hydrogens (tertiary/aromatic N) is 3. The van der Waals surface area contributed by atoms with Crippen LogP contribution in [-0.2, 0) is 4.79 Å². The van der Waals surface area contributed by atoms with Crippen LogP contribution in [0.15, 0.2) is 24.4 Å². The first-order valence-electron chi connectivity index (χ1n) is 4.99. The smallest absolute Gasteiger partial charge is 0.240 e. The summed E-state index contributed by atoms with van der Waals surface area (Å²) in [6, 6.07) is 4.85. The number of amides is 1. The molecule has 0 aliphatic rings. The van der Waals surface area contributed by atoms with Crippen molar-refractivity contribution in [3.63, 3.8) is 0 Å². The van der Waals surface area contributed by atoms with Gasteiger partial charge in [0.05, 0.1) is 0 Å². The fraction of sp³-hybridized carbons (Fsp3) is 0.200. The van der Waals surface area contributed by atoms with Crippen molar-refractivity contribution in [2.75, 3.05) is 0 Å². The summed E-state index contributed by atoms with van der Waals surface area (Å²) >= 11 is 5.08. The first-order valence-corrected chi connectivity index (χ1v) is 5.39. The van der Waals surface area contributed by atoms with E-state index in [1.807, 2.05) is 6.07 Å². The highest BCUT2D eigenvalue weighted by Gasteiger charge is 2.18. The van der Waals surface area contributed by atoms with Crippen LogP contribution in [0.3, 0.4) is 0 Å². The molecule has 2 aromatic rings. The number of hydrogen-bond donors (Lipinski definition) is 2. The topological polar surface area (TPSA) is 89.6 Å². The van der Waals surface area contributed by atoms with Crippen molar-refractivity contribution >= 4 is 18.1 Å². The van der Waals surface area contributed by atoms with Crippen LogP contribution >= 0.6 is 12.2 Å². The normalized spacial score (nSPS) is 12.3. The minimum absolute atomic E-state index is 0.344. The number of pyridine rings is 1. The first-order chi connectivity index (χ1) is 8.11. The molecule has 0 saturated heterocycles. The average molecular weight is 249 g/mol. The summed E-state index contributed by atoms with van der Waals surface area (Å²) in [5.74, 6) is 0.0292. The van der Waals surface area contributed by atoms with Crippen molar-refractivity contribution in [2.24, 2.45) is 5.73 Å². The maximum absolute atomic E-state index is 11.2. The molecule has 3 N–H and O–H groups in total. The SMILES string of the molecule is CC(C(N)=O)n1c(-c2ccccn2)n[nH]c1=S. The summed E-state index contributed by atoms with van der Waals surface area (Å²) in [6.07, 6.45) is 1.65. The summed E-state index contributed by atoms with van der Waals surface area (Å²) in [6.45, 7) is 1.67. The Hall–Kier alpha value is -2.02. The van der Waals surface area contributed by atoms with Crippen LogP contribution < -0.4 is 5.73 Å². The van der Waals surface area contributed by atoms with E-state index in [1.54, 1.807) is 29.8 Å². The number of nitrogens with one attached hydrogen (secondary N) is 1. The van der Waals surface area contributed by atoms with Crippen molar-refractivity contribution in [2.45, 2.75) is 13.0 Å². The number of carbonyl (C=O) groups excluding carboxylic acids is 1. The molecular weight excluding hydrogens is 238 g/mol. The van der Waals surface area contributed by atoms with E-state index in [0.717, 1.165) is 0 Å². The Balaban J connectivity index is 2.58. The minimum Gasteiger partial charge on any atom is -0.368 e. The van der Waals surface area contributed by atoms with Crippen molar-refractivity contribution in [3.8, 4) is 11.5 Å². The number of H-pyrrole nitrogens is 1. The molecule has 0 spiro atoms. The molecule has 2 heterocycles. The lowest BCUT2D eigenvalue weighted by Gasteiger charge is -2.11. The third-order valence-corrected chi connectivity index (χ3v) is 2.69. The molecule has 1 atom stereocenters. The second kappa shape index (κ2) is 4.46. The standard InChI is InChI=1S/C10H11N5OS/c1-6(8(11)16)15-9(13-14-10(15)17)7-4-2-3-5-12-7/h2-6H,1H3,(H2,11,16)(H,14,17). The Morgan fingerprint density at radius 3 is 2.94 bits per heavy atom. The monoisotopic (exact) mass is 249 g/mol. The van der Waals surface area contributed by atoms with Crippen molar-refractivity contribution < 1.29 is 4.79 Å². The van der Waals surface area contributed by atoms with Gasteiger partial charge in [-0.15, -0.1) is 0 Å². The van der Waals surface area contributed by atoms with Gasteiger partial charge < -0.3 is 5.73 Å². The fourth-order valence-corrected chi connectivity index (χ4v) is 1.76. The lowest BCUT2D eigenvalue weighted by molar-refractivity contribution is -0.120. The van der Waals surface area contributed by atoms with Crippen LogP contribution in [-0.4, -0.2) is 25.7 Å². The van der Waals surface area contributed by atoms with Gasteiger partial charge in [-0.2, -0.15) is 5.10 Å². The second-order valence-corrected chi connectivity index (χ2v) is 3.90. The molecule has 0 aromatic carbocycles. The lowest BCUT2D eigenvalue weighted by Crippen LogP contribution is -2.24. The fourth-order valence-electron chi connectivity index (χ4n) is 1.47. The number of nitrogens with two attached hydrogens (primary N) is 1.